The molecule has 3 heterocycles. The molecule has 4 rings (SSSR count). The number of aromatic nitrogens is 3. The molecule has 0 aliphatic carbocycles. The number of hydrogen-bond donors (Lipinski definition) is 1. The van der Waals surface area contributed by atoms with Crippen molar-refractivity contribution in [3.63, 3.8) is 0 Å². The van der Waals surface area contributed by atoms with Gasteiger partial charge in [0.25, 0.3) is 0 Å². The highest BCUT2D eigenvalue weighted by molar-refractivity contribution is 5.80. The minimum absolute atomic E-state index is 0.491. The van der Waals surface area contributed by atoms with Gasteiger partial charge in [-0.2, -0.15) is 5.10 Å². The first-order valence-corrected chi connectivity index (χ1v) is 8.61. The lowest BCUT2D eigenvalue weighted by atomic mass is 9.99. The highest BCUT2D eigenvalue weighted by Gasteiger charge is 2.19. The van der Waals surface area contributed by atoms with Crippen LogP contribution in [0.5, 0.6) is 0 Å². The third kappa shape index (κ3) is 2.85. The van der Waals surface area contributed by atoms with Crippen molar-refractivity contribution in [3.8, 4) is 22.4 Å². The van der Waals surface area contributed by atoms with E-state index in [1.165, 1.54) is 37.1 Å². The van der Waals surface area contributed by atoms with Gasteiger partial charge in [0, 0.05) is 29.6 Å². The fourth-order valence-electron chi connectivity index (χ4n) is 3.52. The van der Waals surface area contributed by atoms with Crippen molar-refractivity contribution in [2.45, 2.75) is 25.8 Å². The van der Waals surface area contributed by atoms with Crippen LogP contribution in [-0.2, 0) is 0 Å². The van der Waals surface area contributed by atoms with Crippen LogP contribution in [0.4, 0.5) is 0 Å². The lowest BCUT2D eigenvalue weighted by Crippen LogP contribution is -2.23. The van der Waals surface area contributed by atoms with Crippen LogP contribution >= 0.6 is 0 Å². The molecule has 1 aliphatic rings. The van der Waals surface area contributed by atoms with E-state index in [4.69, 9.17) is 0 Å². The number of likely N-dealkylation sites (tertiary alicyclic amines) is 1. The summed E-state index contributed by atoms with van der Waals surface area (Å²) in [4.78, 5) is 6.65. The van der Waals surface area contributed by atoms with Crippen LogP contribution in [0.15, 0.2) is 55.0 Å². The standard InChI is InChI=1S/C20H22N4/c1-15(24-12-2-3-13-24)16-4-6-17(7-5-16)19-14-22-23-20(19)18-8-10-21-11-9-18/h4-11,14-15H,2-3,12-13H2,1H3,(H,22,23). The molecule has 0 bridgehead atoms. The number of H-pyrrole nitrogens is 1. The average Bonchev–Trinajstić information content (AvgIpc) is 3.34. The SMILES string of the molecule is CC(c1ccc(-c2cn[nH]c2-c2ccncc2)cc1)N1CCCC1. The molecule has 1 aliphatic heterocycles. The molecule has 1 atom stereocenters. The topological polar surface area (TPSA) is 44.8 Å². The first-order chi connectivity index (χ1) is 11.8. The summed E-state index contributed by atoms with van der Waals surface area (Å²) < 4.78 is 0. The van der Waals surface area contributed by atoms with Gasteiger partial charge in [-0.15, -0.1) is 0 Å². The number of rotatable bonds is 4. The summed E-state index contributed by atoms with van der Waals surface area (Å²) in [5, 5.41) is 7.36. The summed E-state index contributed by atoms with van der Waals surface area (Å²) in [5.41, 5.74) is 5.84. The maximum Gasteiger partial charge on any atom is 0.0729 e. The number of aromatic amines is 1. The molecule has 4 nitrogen and oxygen atoms in total. The van der Waals surface area contributed by atoms with Crippen molar-refractivity contribution in [1.29, 1.82) is 0 Å². The number of nitrogens with zero attached hydrogens (tertiary/aromatic N) is 3. The fourth-order valence-corrected chi connectivity index (χ4v) is 3.52. The summed E-state index contributed by atoms with van der Waals surface area (Å²) in [7, 11) is 0. The van der Waals surface area contributed by atoms with E-state index < -0.39 is 0 Å². The Morgan fingerprint density at radius 3 is 2.38 bits per heavy atom. The minimum Gasteiger partial charge on any atom is -0.297 e. The van der Waals surface area contributed by atoms with Crippen LogP contribution in [0.1, 0.15) is 31.4 Å². The van der Waals surface area contributed by atoms with Gasteiger partial charge in [0.05, 0.1) is 11.9 Å². The highest BCUT2D eigenvalue weighted by Crippen LogP contribution is 2.31. The van der Waals surface area contributed by atoms with Crippen molar-refractivity contribution in [2.75, 3.05) is 13.1 Å². The van der Waals surface area contributed by atoms with E-state index in [9.17, 15) is 0 Å². The number of nitrogens with one attached hydrogen (secondary N) is 1. The molecule has 3 aromatic rings. The van der Waals surface area contributed by atoms with E-state index in [0.717, 1.165) is 16.8 Å². The molecule has 2 aromatic heterocycles. The Labute approximate surface area is 142 Å². The van der Waals surface area contributed by atoms with E-state index in [2.05, 4.69) is 51.3 Å². The van der Waals surface area contributed by atoms with Crippen molar-refractivity contribution < 1.29 is 0 Å². The van der Waals surface area contributed by atoms with Gasteiger partial charge in [0.1, 0.15) is 0 Å². The zero-order valence-corrected chi connectivity index (χ0v) is 13.9. The molecular formula is C20H22N4. The maximum atomic E-state index is 4.24. The van der Waals surface area contributed by atoms with E-state index in [-0.39, 0.29) is 0 Å². The molecule has 0 spiro atoms. The monoisotopic (exact) mass is 318 g/mol. The first kappa shape index (κ1) is 15.1. The Morgan fingerprint density at radius 1 is 0.958 bits per heavy atom. The molecule has 4 heteroatoms. The second-order valence-electron chi connectivity index (χ2n) is 6.44. The van der Waals surface area contributed by atoms with E-state index in [0.29, 0.717) is 6.04 Å². The maximum absolute atomic E-state index is 4.24. The third-order valence-electron chi connectivity index (χ3n) is 5.00. The van der Waals surface area contributed by atoms with Crippen LogP contribution < -0.4 is 0 Å². The molecule has 0 radical (unpaired) electrons. The van der Waals surface area contributed by atoms with Crippen molar-refractivity contribution in [3.05, 3.63) is 60.6 Å². The summed E-state index contributed by atoms with van der Waals surface area (Å²) >= 11 is 0. The van der Waals surface area contributed by atoms with Crippen molar-refractivity contribution >= 4 is 0 Å². The van der Waals surface area contributed by atoms with Crippen LogP contribution in [0.2, 0.25) is 0 Å². The van der Waals surface area contributed by atoms with Crippen molar-refractivity contribution in [2.24, 2.45) is 0 Å². The Balaban J connectivity index is 1.61. The largest absolute Gasteiger partial charge is 0.297 e. The van der Waals surface area contributed by atoms with Crippen LogP contribution in [0.3, 0.4) is 0 Å². The number of hydrogen-bond acceptors (Lipinski definition) is 3. The number of pyridine rings is 1. The van der Waals surface area contributed by atoms with E-state index in [1.807, 2.05) is 18.3 Å². The van der Waals surface area contributed by atoms with Gasteiger partial charge in [-0.3, -0.25) is 15.0 Å². The molecule has 1 unspecified atom stereocenters. The second-order valence-corrected chi connectivity index (χ2v) is 6.44. The summed E-state index contributed by atoms with van der Waals surface area (Å²) in [6.07, 6.45) is 8.16. The molecule has 122 valence electrons. The van der Waals surface area contributed by atoms with Crippen LogP contribution in [0.25, 0.3) is 22.4 Å². The average molecular weight is 318 g/mol. The van der Waals surface area contributed by atoms with Crippen molar-refractivity contribution in [1.82, 2.24) is 20.1 Å². The summed E-state index contributed by atoms with van der Waals surface area (Å²) in [6.45, 7) is 4.74. The quantitative estimate of drug-likeness (QED) is 0.780. The normalized spacial score (nSPS) is 16.4. The molecule has 0 amide bonds. The number of benzene rings is 1. The van der Waals surface area contributed by atoms with Gasteiger partial charge >= 0.3 is 0 Å². The Morgan fingerprint density at radius 2 is 1.67 bits per heavy atom. The molecule has 1 saturated heterocycles. The van der Waals surface area contributed by atoms with Gasteiger partial charge in [-0.25, -0.2) is 0 Å². The Bertz CT molecular complexity index is 786. The third-order valence-corrected chi connectivity index (χ3v) is 5.00. The molecular weight excluding hydrogens is 296 g/mol. The molecule has 1 N–H and O–H groups in total. The van der Waals surface area contributed by atoms with Crippen LogP contribution in [-0.4, -0.2) is 33.2 Å². The molecule has 1 fully saturated rings. The smallest absolute Gasteiger partial charge is 0.0729 e. The zero-order chi connectivity index (χ0) is 16.4. The van der Waals surface area contributed by atoms with Gasteiger partial charge in [-0.1, -0.05) is 24.3 Å². The minimum atomic E-state index is 0.491. The summed E-state index contributed by atoms with van der Waals surface area (Å²) in [5.74, 6) is 0. The lowest BCUT2D eigenvalue weighted by molar-refractivity contribution is 0.263. The predicted molar refractivity (Wildman–Crippen MR) is 96.5 cm³/mol. The highest BCUT2D eigenvalue weighted by atomic mass is 15.2. The zero-order valence-electron chi connectivity index (χ0n) is 13.9. The van der Waals surface area contributed by atoms with Gasteiger partial charge < -0.3 is 0 Å². The van der Waals surface area contributed by atoms with E-state index >= 15 is 0 Å². The van der Waals surface area contributed by atoms with E-state index in [1.54, 1.807) is 12.4 Å². The van der Waals surface area contributed by atoms with Crippen LogP contribution in [0, 0.1) is 0 Å². The summed E-state index contributed by atoms with van der Waals surface area (Å²) in [6, 6.07) is 13.4. The van der Waals surface area contributed by atoms with Gasteiger partial charge in [-0.05, 0) is 56.1 Å². The Kier molecular flexibility index (Phi) is 4.13. The molecule has 0 saturated carbocycles. The predicted octanol–water partition coefficient (Wildman–Crippen LogP) is 4.30. The second kappa shape index (κ2) is 6.57. The fraction of sp³-hybridized carbons (Fsp3) is 0.300. The van der Waals surface area contributed by atoms with Gasteiger partial charge in [0.2, 0.25) is 0 Å². The molecule has 1 aromatic carbocycles. The first-order valence-electron chi connectivity index (χ1n) is 8.61. The van der Waals surface area contributed by atoms with Gasteiger partial charge in [0.15, 0.2) is 0 Å². The Hall–Kier alpha value is -2.46. The lowest BCUT2D eigenvalue weighted by Gasteiger charge is -2.24. The molecule has 24 heavy (non-hydrogen) atoms.